The fourth-order valence-electron chi connectivity index (χ4n) is 3.81. The van der Waals surface area contributed by atoms with Gasteiger partial charge in [-0.25, -0.2) is 4.68 Å². The maximum absolute atomic E-state index is 13.4. The Labute approximate surface area is 207 Å². The van der Waals surface area contributed by atoms with E-state index in [0.717, 1.165) is 16.2 Å². The van der Waals surface area contributed by atoms with Crippen molar-refractivity contribution in [1.82, 2.24) is 14.7 Å². The molecule has 0 bridgehead atoms. The quantitative estimate of drug-likeness (QED) is 0.452. The Morgan fingerprint density at radius 2 is 1.83 bits per heavy atom. The Bertz CT molecular complexity index is 1280. The van der Waals surface area contributed by atoms with E-state index in [9.17, 15) is 18.0 Å². The van der Waals surface area contributed by atoms with E-state index in [1.54, 1.807) is 60.1 Å². The molecule has 0 saturated heterocycles. The molecule has 0 spiro atoms. The zero-order chi connectivity index (χ0) is 25.9. The topological polar surface area (TPSA) is 65.2 Å². The van der Waals surface area contributed by atoms with Crippen LogP contribution in [0.5, 0.6) is 0 Å². The van der Waals surface area contributed by atoms with Crippen molar-refractivity contribution in [2.75, 3.05) is 32.1 Å². The molecule has 184 valence electrons. The van der Waals surface area contributed by atoms with E-state index in [-0.39, 0.29) is 25.2 Å². The minimum Gasteiger partial charge on any atom is -0.308 e. The van der Waals surface area contributed by atoms with Crippen LogP contribution in [0, 0.1) is 25.2 Å². The van der Waals surface area contributed by atoms with E-state index >= 15 is 0 Å². The summed E-state index contributed by atoms with van der Waals surface area (Å²) in [4.78, 5) is 14.8. The van der Waals surface area contributed by atoms with Gasteiger partial charge in [-0.1, -0.05) is 29.8 Å². The van der Waals surface area contributed by atoms with E-state index in [4.69, 9.17) is 16.9 Å². The number of alkyl halides is 3. The van der Waals surface area contributed by atoms with E-state index in [0.29, 0.717) is 27.5 Å². The molecule has 35 heavy (non-hydrogen) atoms. The smallest absolute Gasteiger partial charge is 0.308 e. The molecule has 0 saturated carbocycles. The Hall–Kier alpha value is -3.35. The summed E-state index contributed by atoms with van der Waals surface area (Å²) in [6.45, 7) is 3.83. The number of halogens is 4. The molecule has 0 aliphatic carbocycles. The predicted molar refractivity (Wildman–Crippen MR) is 129 cm³/mol. The molecule has 0 aliphatic heterocycles. The van der Waals surface area contributed by atoms with Crippen molar-refractivity contribution in [2.45, 2.75) is 26.4 Å². The molecule has 3 aromatic rings. The van der Waals surface area contributed by atoms with Crippen LogP contribution in [0.3, 0.4) is 0 Å². The third-order valence-corrected chi connectivity index (χ3v) is 5.98. The van der Waals surface area contributed by atoms with Gasteiger partial charge in [0.1, 0.15) is 6.07 Å². The molecule has 1 amide bonds. The average Bonchev–Trinajstić information content (AvgIpc) is 3.07. The standard InChI is InChI=1S/C25H25ClF3N5O/c1-16-21(17(2)34(31-16)20-10-9-19(15-30)22(26)14-20)13-18-7-5-6-8-23(18)33(12-11-32(3)4)24(35)25(27,28)29/h5-10,14H,11-13H2,1-4H3. The molecule has 0 radical (unpaired) electrons. The Balaban J connectivity index is 2.02. The molecule has 0 atom stereocenters. The van der Waals surface area contributed by atoms with Crippen LogP contribution in [0.2, 0.25) is 5.02 Å². The minimum atomic E-state index is -5.00. The van der Waals surface area contributed by atoms with Crippen LogP contribution in [-0.2, 0) is 11.2 Å². The lowest BCUT2D eigenvalue weighted by Gasteiger charge is -2.27. The molecular formula is C25H25ClF3N5O. The van der Waals surface area contributed by atoms with Crippen molar-refractivity contribution in [3.05, 3.63) is 75.6 Å². The zero-order valence-corrected chi connectivity index (χ0v) is 20.6. The summed E-state index contributed by atoms with van der Waals surface area (Å²) in [5, 5.41) is 14.0. The third kappa shape index (κ3) is 5.84. The van der Waals surface area contributed by atoms with Gasteiger partial charge in [0, 0.05) is 36.5 Å². The molecule has 0 aliphatic rings. The fraction of sp³-hybridized carbons (Fsp3) is 0.320. The van der Waals surface area contributed by atoms with Crippen molar-refractivity contribution >= 4 is 23.2 Å². The van der Waals surface area contributed by atoms with Crippen LogP contribution in [-0.4, -0.2) is 53.9 Å². The highest BCUT2D eigenvalue weighted by Crippen LogP contribution is 2.30. The number of nitriles is 1. The maximum Gasteiger partial charge on any atom is 0.471 e. The normalized spacial score (nSPS) is 11.5. The molecule has 3 rings (SSSR count). The van der Waals surface area contributed by atoms with Crippen LogP contribution in [0.1, 0.15) is 28.1 Å². The van der Waals surface area contributed by atoms with Gasteiger partial charge < -0.3 is 9.80 Å². The van der Waals surface area contributed by atoms with Gasteiger partial charge in [0.15, 0.2) is 0 Å². The van der Waals surface area contributed by atoms with Crippen molar-refractivity contribution in [1.29, 1.82) is 5.26 Å². The Morgan fingerprint density at radius 1 is 1.14 bits per heavy atom. The lowest BCUT2D eigenvalue weighted by atomic mass is 10.0. The second-order valence-corrected chi connectivity index (χ2v) is 8.81. The number of carbonyl (C=O) groups is 1. The summed E-state index contributed by atoms with van der Waals surface area (Å²) in [6, 6.07) is 13.6. The summed E-state index contributed by atoms with van der Waals surface area (Å²) in [5.41, 5.74) is 4.09. The number of carbonyl (C=O) groups excluding carboxylic acids is 1. The number of hydrogen-bond acceptors (Lipinski definition) is 4. The summed E-state index contributed by atoms with van der Waals surface area (Å²) in [6.07, 6.45) is -4.72. The van der Waals surface area contributed by atoms with E-state index in [1.165, 1.54) is 6.07 Å². The summed E-state index contributed by atoms with van der Waals surface area (Å²) in [7, 11) is 3.47. The molecule has 10 heteroatoms. The van der Waals surface area contributed by atoms with Crippen LogP contribution in [0.4, 0.5) is 18.9 Å². The molecule has 0 fully saturated rings. The number of anilines is 1. The fourth-order valence-corrected chi connectivity index (χ4v) is 4.02. The van der Waals surface area contributed by atoms with Crippen molar-refractivity contribution in [3.8, 4) is 11.8 Å². The average molecular weight is 504 g/mol. The molecule has 1 heterocycles. The van der Waals surface area contributed by atoms with E-state index in [2.05, 4.69) is 5.10 Å². The van der Waals surface area contributed by atoms with Crippen molar-refractivity contribution < 1.29 is 18.0 Å². The first-order valence-electron chi connectivity index (χ1n) is 10.8. The van der Waals surface area contributed by atoms with Crippen LogP contribution < -0.4 is 4.90 Å². The number of hydrogen-bond donors (Lipinski definition) is 0. The first-order valence-corrected chi connectivity index (χ1v) is 11.2. The maximum atomic E-state index is 13.4. The number of amides is 1. The Kier molecular flexibility index (Phi) is 7.88. The summed E-state index contributed by atoms with van der Waals surface area (Å²) in [5.74, 6) is -1.90. The second kappa shape index (κ2) is 10.5. The van der Waals surface area contributed by atoms with Crippen LogP contribution in [0.25, 0.3) is 5.69 Å². The van der Waals surface area contributed by atoms with Crippen LogP contribution >= 0.6 is 11.6 Å². The highest BCUT2D eigenvalue weighted by Gasteiger charge is 2.43. The summed E-state index contributed by atoms with van der Waals surface area (Å²) >= 11 is 6.19. The SMILES string of the molecule is Cc1nn(-c2ccc(C#N)c(Cl)c2)c(C)c1Cc1ccccc1N(CCN(C)C)C(=O)C(F)(F)F. The van der Waals surface area contributed by atoms with E-state index < -0.39 is 12.1 Å². The molecular weight excluding hydrogens is 479 g/mol. The molecule has 6 nitrogen and oxygen atoms in total. The highest BCUT2D eigenvalue weighted by atomic mass is 35.5. The predicted octanol–water partition coefficient (Wildman–Crippen LogP) is 5.06. The summed E-state index contributed by atoms with van der Waals surface area (Å²) < 4.78 is 42.0. The van der Waals surface area contributed by atoms with Crippen molar-refractivity contribution in [3.63, 3.8) is 0 Å². The van der Waals surface area contributed by atoms with Gasteiger partial charge >= 0.3 is 12.1 Å². The minimum absolute atomic E-state index is 0.108. The van der Waals surface area contributed by atoms with Gasteiger partial charge in [-0.15, -0.1) is 0 Å². The number of aromatic nitrogens is 2. The van der Waals surface area contributed by atoms with Gasteiger partial charge in [0.2, 0.25) is 0 Å². The Morgan fingerprint density at radius 3 is 2.43 bits per heavy atom. The van der Waals surface area contributed by atoms with Gasteiger partial charge in [-0.05, 0) is 57.8 Å². The van der Waals surface area contributed by atoms with Crippen molar-refractivity contribution in [2.24, 2.45) is 0 Å². The molecule has 1 aromatic heterocycles. The lowest BCUT2D eigenvalue weighted by Crippen LogP contribution is -2.44. The number of benzene rings is 2. The number of rotatable bonds is 7. The first kappa shape index (κ1) is 26.3. The van der Waals surface area contributed by atoms with Gasteiger partial charge in [-0.2, -0.15) is 23.5 Å². The van der Waals surface area contributed by atoms with Gasteiger partial charge in [-0.3, -0.25) is 4.79 Å². The van der Waals surface area contributed by atoms with Gasteiger partial charge in [0.25, 0.3) is 0 Å². The monoisotopic (exact) mass is 503 g/mol. The lowest BCUT2D eigenvalue weighted by molar-refractivity contribution is -0.170. The number of para-hydroxylation sites is 1. The number of likely N-dealkylation sites (N-methyl/N-ethyl adjacent to an activating group) is 1. The van der Waals surface area contributed by atoms with Gasteiger partial charge in [0.05, 0.1) is 22.0 Å². The zero-order valence-electron chi connectivity index (χ0n) is 19.8. The molecule has 0 N–H and O–H groups in total. The van der Waals surface area contributed by atoms with Crippen LogP contribution in [0.15, 0.2) is 42.5 Å². The highest BCUT2D eigenvalue weighted by molar-refractivity contribution is 6.31. The number of nitrogens with zero attached hydrogens (tertiary/aromatic N) is 5. The number of aryl methyl sites for hydroxylation is 1. The largest absolute Gasteiger partial charge is 0.471 e. The van der Waals surface area contributed by atoms with E-state index in [1.807, 2.05) is 19.9 Å². The second-order valence-electron chi connectivity index (χ2n) is 8.40. The third-order valence-electron chi connectivity index (χ3n) is 5.67. The first-order chi connectivity index (χ1) is 16.4. The molecule has 2 aromatic carbocycles. The molecule has 0 unspecified atom stereocenters.